The molecule has 1 aliphatic heterocycles. The zero-order valence-corrected chi connectivity index (χ0v) is 11.0. The Morgan fingerprint density at radius 3 is 2.78 bits per heavy atom. The first kappa shape index (κ1) is 12.9. The van der Waals surface area contributed by atoms with E-state index in [1.807, 2.05) is 24.3 Å². The molecule has 1 aromatic carbocycles. The fourth-order valence-electron chi connectivity index (χ4n) is 2.37. The number of nitriles is 1. The second-order valence-electron chi connectivity index (χ2n) is 5.11. The highest BCUT2D eigenvalue weighted by atomic mass is 15.1. The molecule has 0 unspecified atom stereocenters. The van der Waals surface area contributed by atoms with Gasteiger partial charge in [-0.1, -0.05) is 19.1 Å². The average molecular weight is 243 g/mol. The third kappa shape index (κ3) is 3.48. The summed E-state index contributed by atoms with van der Waals surface area (Å²) in [4.78, 5) is 2.50. The lowest BCUT2D eigenvalue weighted by atomic mass is 9.99. The van der Waals surface area contributed by atoms with E-state index in [-0.39, 0.29) is 0 Å². The smallest absolute Gasteiger partial charge is 0.101 e. The van der Waals surface area contributed by atoms with Gasteiger partial charge < -0.3 is 10.2 Å². The molecule has 2 rings (SSSR count). The molecule has 3 heteroatoms. The monoisotopic (exact) mass is 243 g/mol. The number of nitrogens with one attached hydrogen (secondary N) is 1. The van der Waals surface area contributed by atoms with E-state index < -0.39 is 0 Å². The molecule has 0 spiro atoms. The molecular formula is C15H21N3. The molecule has 0 aromatic heterocycles. The van der Waals surface area contributed by atoms with Crippen LogP contribution in [0, 0.1) is 17.2 Å². The summed E-state index contributed by atoms with van der Waals surface area (Å²) in [5, 5.41) is 12.4. The number of piperidine rings is 1. The van der Waals surface area contributed by atoms with Crippen molar-refractivity contribution in [2.75, 3.05) is 31.5 Å². The van der Waals surface area contributed by atoms with Crippen molar-refractivity contribution in [2.24, 2.45) is 5.92 Å². The van der Waals surface area contributed by atoms with Gasteiger partial charge in [-0.2, -0.15) is 5.26 Å². The van der Waals surface area contributed by atoms with Gasteiger partial charge in [-0.3, -0.25) is 0 Å². The minimum atomic E-state index is 0.727. The van der Waals surface area contributed by atoms with Crippen LogP contribution in [0.5, 0.6) is 0 Å². The minimum Gasteiger partial charge on any atom is -0.383 e. The second-order valence-corrected chi connectivity index (χ2v) is 5.11. The fourth-order valence-corrected chi connectivity index (χ4v) is 2.37. The number of likely N-dealkylation sites (tertiary alicyclic amines) is 1. The maximum Gasteiger partial charge on any atom is 0.101 e. The van der Waals surface area contributed by atoms with Gasteiger partial charge in [-0.25, -0.2) is 0 Å². The van der Waals surface area contributed by atoms with Gasteiger partial charge in [0.05, 0.1) is 11.3 Å². The highest BCUT2D eigenvalue weighted by molar-refractivity contribution is 5.57. The Kier molecular flexibility index (Phi) is 4.60. The summed E-state index contributed by atoms with van der Waals surface area (Å²) in [6, 6.07) is 9.90. The maximum atomic E-state index is 9.00. The highest BCUT2D eigenvalue weighted by Gasteiger charge is 2.14. The van der Waals surface area contributed by atoms with Crippen LogP contribution in [0.4, 0.5) is 5.69 Å². The van der Waals surface area contributed by atoms with Gasteiger partial charge in [-0.15, -0.1) is 0 Å². The van der Waals surface area contributed by atoms with Gasteiger partial charge in [0.15, 0.2) is 0 Å². The van der Waals surface area contributed by atoms with Gasteiger partial charge in [0.25, 0.3) is 0 Å². The maximum absolute atomic E-state index is 9.00. The van der Waals surface area contributed by atoms with Gasteiger partial charge in [0.1, 0.15) is 6.07 Å². The van der Waals surface area contributed by atoms with Crippen LogP contribution in [0.3, 0.4) is 0 Å². The van der Waals surface area contributed by atoms with E-state index >= 15 is 0 Å². The van der Waals surface area contributed by atoms with Crippen molar-refractivity contribution < 1.29 is 0 Å². The van der Waals surface area contributed by atoms with Crippen LogP contribution in [-0.2, 0) is 0 Å². The SMILES string of the molecule is CC1CCN(CCNc2ccccc2C#N)CC1. The molecule has 96 valence electrons. The molecule has 3 nitrogen and oxygen atoms in total. The Hall–Kier alpha value is -1.53. The zero-order chi connectivity index (χ0) is 12.8. The van der Waals surface area contributed by atoms with E-state index in [9.17, 15) is 0 Å². The molecule has 0 saturated carbocycles. The van der Waals surface area contributed by atoms with Crippen molar-refractivity contribution in [2.45, 2.75) is 19.8 Å². The van der Waals surface area contributed by atoms with Crippen LogP contribution in [0.25, 0.3) is 0 Å². The second kappa shape index (κ2) is 6.42. The summed E-state index contributed by atoms with van der Waals surface area (Å²) >= 11 is 0. The van der Waals surface area contributed by atoms with Crippen molar-refractivity contribution in [3.63, 3.8) is 0 Å². The summed E-state index contributed by atoms with van der Waals surface area (Å²) in [5.74, 6) is 0.883. The summed E-state index contributed by atoms with van der Waals surface area (Å²) in [6.07, 6.45) is 2.63. The van der Waals surface area contributed by atoms with E-state index in [4.69, 9.17) is 5.26 Å². The van der Waals surface area contributed by atoms with Crippen molar-refractivity contribution in [1.82, 2.24) is 4.90 Å². The predicted molar refractivity (Wildman–Crippen MR) is 74.5 cm³/mol. The molecule has 0 aliphatic carbocycles. The van der Waals surface area contributed by atoms with Crippen LogP contribution >= 0.6 is 0 Å². The van der Waals surface area contributed by atoms with E-state index in [0.717, 1.165) is 30.3 Å². The van der Waals surface area contributed by atoms with Crippen LogP contribution in [0.2, 0.25) is 0 Å². The first-order chi connectivity index (χ1) is 8.79. The number of benzene rings is 1. The fraction of sp³-hybridized carbons (Fsp3) is 0.533. The Labute approximate surface area is 109 Å². The predicted octanol–water partition coefficient (Wildman–Crippen LogP) is 2.70. The Balaban J connectivity index is 1.77. The van der Waals surface area contributed by atoms with Crippen molar-refractivity contribution in [3.05, 3.63) is 29.8 Å². The summed E-state index contributed by atoms with van der Waals surface area (Å²) in [6.45, 7) is 6.73. The first-order valence-corrected chi connectivity index (χ1v) is 6.75. The molecule has 0 radical (unpaired) electrons. The first-order valence-electron chi connectivity index (χ1n) is 6.75. The molecule has 1 aromatic rings. The van der Waals surface area contributed by atoms with E-state index in [1.165, 1.54) is 25.9 Å². The molecule has 0 bridgehead atoms. The van der Waals surface area contributed by atoms with E-state index in [2.05, 4.69) is 23.2 Å². The van der Waals surface area contributed by atoms with Crippen molar-refractivity contribution in [1.29, 1.82) is 5.26 Å². The molecular weight excluding hydrogens is 222 g/mol. The highest BCUT2D eigenvalue weighted by Crippen LogP contribution is 2.16. The molecule has 0 amide bonds. The van der Waals surface area contributed by atoms with Gasteiger partial charge >= 0.3 is 0 Å². The number of nitrogens with zero attached hydrogens (tertiary/aromatic N) is 2. The van der Waals surface area contributed by atoms with Crippen LogP contribution in [-0.4, -0.2) is 31.1 Å². The van der Waals surface area contributed by atoms with Crippen LogP contribution in [0.1, 0.15) is 25.3 Å². The molecule has 18 heavy (non-hydrogen) atoms. The Morgan fingerprint density at radius 1 is 1.33 bits per heavy atom. The number of hydrogen-bond acceptors (Lipinski definition) is 3. The van der Waals surface area contributed by atoms with E-state index in [0.29, 0.717) is 0 Å². The molecule has 1 aliphatic rings. The van der Waals surface area contributed by atoms with Crippen LogP contribution in [0.15, 0.2) is 24.3 Å². The number of para-hydroxylation sites is 1. The quantitative estimate of drug-likeness (QED) is 0.883. The molecule has 1 N–H and O–H groups in total. The summed E-state index contributed by atoms with van der Waals surface area (Å²) < 4.78 is 0. The third-order valence-corrected chi connectivity index (χ3v) is 3.67. The number of rotatable bonds is 4. The topological polar surface area (TPSA) is 39.1 Å². The van der Waals surface area contributed by atoms with Gasteiger partial charge in [-0.05, 0) is 44.0 Å². The van der Waals surface area contributed by atoms with Crippen LogP contribution < -0.4 is 5.32 Å². The lowest BCUT2D eigenvalue weighted by molar-refractivity contribution is 0.199. The summed E-state index contributed by atoms with van der Waals surface area (Å²) in [5.41, 5.74) is 1.68. The van der Waals surface area contributed by atoms with Crippen molar-refractivity contribution >= 4 is 5.69 Å². The molecule has 1 fully saturated rings. The standard InChI is InChI=1S/C15H21N3/c1-13-6-9-18(10-7-13)11-8-17-15-5-3-2-4-14(15)12-16/h2-5,13,17H,6-11H2,1H3. The largest absolute Gasteiger partial charge is 0.383 e. The van der Waals surface area contributed by atoms with E-state index in [1.54, 1.807) is 0 Å². The molecule has 0 atom stereocenters. The average Bonchev–Trinajstić information content (AvgIpc) is 2.41. The lowest BCUT2D eigenvalue weighted by Gasteiger charge is -2.30. The Bertz CT molecular complexity index is 414. The summed E-state index contributed by atoms with van der Waals surface area (Å²) in [7, 11) is 0. The number of hydrogen-bond donors (Lipinski definition) is 1. The third-order valence-electron chi connectivity index (χ3n) is 3.67. The molecule has 1 saturated heterocycles. The van der Waals surface area contributed by atoms with Gasteiger partial charge in [0, 0.05) is 13.1 Å². The molecule has 1 heterocycles. The number of anilines is 1. The van der Waals surface area contributed by atoms with Gasteiger partial charge in [0.2, 0.25) is 0 Å². The van der Waals surface area contributed by atoms with Crippen molar-refractivity contribution in [3.8, 4) is 6.07 Å². The zero-order valence-electron chi connectivity index (χ0n) is 11.0. The normalized spacial score (nSPS) is 17.3. The lowest BCUT2D eigenvalue weighted by Crippen LogP contribution is -2.36. The minimum absolute atomic E-state index is 0.727. The Morgan fingerprint density at radius 2 is 2.06 bits per heavy atom.